The lowest BCUT2D eigenvalue weighted by molar-refractivity contribution is 0.478. The van der Waals surface area contributed by atoms with Gasteiger partial charge in [-0.15, -0.1) is 0 Å². The Kier molecular flexibility index (Phi) is 4.04. The topological polar surface area (TPSA) is 163 Å². The van der Waals surface area contributed by atoms with E-state index in [4.69, 9.17) is 4.55 Å². The highest BCUT2D eigenvalue weighted by atomic mass is 32.2. The van der Waals surface area contributed by atoms with E-state index in [0.29, 0.717) is 12.1 Å². The monoisotopic (exact) mass is 382 g/mol. The highest BCUT2D eigenvalue weighted by molar-refractivity contribution is 7.87. The van der Waals surface area contributed by atoms with E-state index in [1.165, 1.54) is 13.0 Å². The van der Waals surface area contributed by atoms with Gasteiger partial charge in [-0.05, 0) is 24.6 Å². The smallest absolute Gasteiger partial charge is 0.282 e. The van der Waals surface area contributed by atoms with Crippen LogP contribution in [0.25, 0.3) is 10.8 Å². The molecule has 126 valence electrons. The first-order chi connectivity index (χ1) is 10.2. The Hall–Kier alpha value is -1.57. The van der Waals surface area contributed by atoms with E-state index in [9.17, 15) is 34.4 Å². The van der Waals surface area contributed by atoms with Gasteiger partial charge >= 0.3 is 0 Å². The zero-order chi connectivity index (χ0) is 17.8. The van der Waals surface area contributed by atoms with E-state index < -0.39 is 50.4 Å². The van der Waals surface area contributed by atoms with Gasteiger partial charge in [-0.1, -0.05) is 12.1 Å². The second kappa shape index (κ2) is 5.22. The lowest BCUT2D eigenvalue weighted by atomic mass is 10.1. The molecule has 12 heteroatoms. The molecule has 0 aliphatic rings. The molecule has 0 spiro atoms. The third kappa shape index (κ3) is 3.36. The van der Waals surface area contributed by atoms with Gasteiger partial charge in [0.05, 0.1) is 4.90 Å². The largest absolute Gasteiger partial charge is 0.295 e. The molecule has 0 heterocycles. The molecule has 0 amide bonds. The summed E-state index contributed by atoms with van der Waals surface area (Å²) in [7, 11) is -14.7. The summed E-state index contributed by atoms with van der Waals surface area (Å²) >= 11 is 0. The van der Waals surface area contributed by atoms with Crippen LogP contribution in [-0.2, 0) is 30.4 Å². The zero-order valence-electron chi connectivity index (χ0n) is 11.3. The van der Waals surface area contributed by atoms with Crippen molar-refractivity contribution in [3.63, 3.8) is 0 Å². The zero-order valence-corrected chi connectivity index (χ0v) is 13.8. The maximum atomic E-state index is 11.5. The summed E-state index contributed by atoms with van der Waals surface area (Å²) in [4.78, 5) is -2.61. The number of hydrogen-bond acceptors (Lipinski definition) is 6. The average molecular weight is 382 g/mol. The predicted octanol–water partition coefficient (Wildman–Crippen LogP) is 0.888. The van der Waals surface area contributed by atoms with Gasteiger partial charge in [-0.3, -0.25) is 13.7 Å². The van der Waals surface area contributed by atoms with E-state index in [-0.39, 0.29) is 10.9 Å². The predicted molar refractivity (Wildman–Crippen MR) is 78.1 cm³/mol. The Morgan fingerprint density at radius 1 is 0.739 bits per heavy atom. The van der Waals surface area contributed by atoms with Crippen LogP contribution in [0.5, 0.6) is 0 Å². The molecule has 0 radical (unpaired) electrons. The highest BCUT2D eigenvalue weighted by Gasteiger charge is 2.25. The third-order valence-electron chi connectivity index (χ3n) is 3.05. The first kappa shape index (κ1) is 17.8. The number of aryl methyl sites for hydroxylation is 1. The molecule has 23 heavy (non-hydrogen) atoms. The summed E-state index contributed by atoms with van der Waals surface area (Å²) in [5.74, 6) is 0. The second-order valence-corrected chi connectivity index (χ2v) is 8.82. The number of fused-ring (bicyclic) bond motifs is 1. The van der Waals surface area contributed by atoms with Gasteiger partial charge in [0.15, 0.2) is 0 Å². The molecule has 0 bridgehead atoms. The molecule has 0 aromatic heterocycles. The fraction of sp³-hybridized carbons (Fsp3) is 0.0909. The van der Waals surface area contributed by atoms with Crippen LogP contribution in [0, 0.1) is 6.92 Å². The van der Waals surface area contributed by atoms with Gasteiger partial charge in [0.2, 0.25) is 0 Å². The Morgan fingerprint density at radius 2 is 1.30 bits per heavy atom. The fourth-order valence-electron chi connectivity index (χ4n) is 2.16. The van der Waals surface area contributed by atoms with Gasteiger partial charge < -0.3 is 0 Å². The Balaban J connectivity index is 3.23. The van der Waals surface area contributed by atoms with E-state index in [1.54, 1.807) is 0 Å². The number of hydrogen-bond donors (Lipinski definition) is 3. The summed E-state index contributed by atoms with van der Waals surface area (Å²) < 4.78 is 96.1. The molecule has 0 fully saturated rings. The van der Waals surface area contributed by atoms with Crippen LogP contribution in [0.3, 0.4) is 0 Å². The fourth-order valence-corrected chi connectivity index (χ4v) is 4.42. The van der Waals surface area contributed by atoms with Crippen LogP contribution < -0.4 is 0 Å². The molecule has 2 aromatic rings. The van der Waals surface area contributed by atoms with Crippen molar-refractivity contribution in [3.05, 3.63) is 29.8 Å². The van der Waals surface area contributed by atoms with Crippen LogP contribution in [0.2, 0.25) is 0 Å². The minimum atomic E-state index is -4.94. The van der Waals surface area contributed by atoms with E-state index in [2.05, 4.69) is 0 Å². The van der Waals surface area contributed by atoms with Crippen molar-refractivity contribution in [2.75, 3.05) is 0 Å². The van der Waals surface area contributed by atoms with Crippen molar-refractivity contribution in [3.8, 4) is 0 Å². The van der Waals surface area contributed by atoms with E-state index in [0.717, 1.165) is 6.07 Å². The van der Waals surface area contributed by atoms with Gasteiger partial charge in [0, 0.05) is 10.8 Å². The molecule has 0 saturated heterocycles. The molecule has 2 rings (SSSR count). The van der Waals surface area contributed by atoms with Crippen molar-refractivity contribution >= 4 is 41.1 Å². The van der Waals surface area contributed by atoms with Gasteiger partial charge in [-0.2, -0.15) is 25.3 Å². The van der Waals surface area contributed by atoms with Crippen molar-refractivity contribution in [2.24, 2.45) is 0 Å². The summed E-state index contributed by atoms with van der Waals surface area (Å²) in [5, 5.41) is -0.812. The van der Waals surface area contributed by atoms with Crippen molar-refractivity contribution in [1.82, 2.24) is 0 Å². The number of rotatable bonds is 3. The summed E-state index contributed by atoms with van der Waals surface area (Å²) in [6.07, 6.45) is 0. The minimum absolute atomic E-state index is 0.00813. The first-order valence-corrected chi connectivity index (χ1v) is 10.0. The van der Waals surface area contributed by atoms with Gasteiger partial charge in [0.25, 0.3) is 30.4 Å². The van der Waals surface area contributed by atoms with Crippen molar-refractivity contribution in [2.45, 2.75) is 21.6 Å². The maximum Gasteiger partial charge on any atom is 0.295 e. The minimum Gasteiger partial charge on any atom is -0.282 e. The molecule has 0 aliphatic heterocycles. The Bertz CT molecular complexity index is 1130. The van der Waals surface area contributed by atoms with Gasteiger partial charge in [0.1, 0.15) is 9.79 Å². The maximum absolute atomic E-state index is 11.5. The molecule has 3 N–H and O–H groups in total. The lowest BCUT2D eigenvalue weighted by Crippen LogP contribution is -2.08. The number of benzene rings is 2. The molecule has 0 aliphatic carbocycles. The lowest BCUT2D eigenvalue weighted by Gasteiger charge is -2.11. The van der Waals surface area contributed by atoms with Crippen LogP contribution in [-0.4, -0.2) is 38.9 Å². The van der Waals surface area contributed by atoms with Crippen LogP contribution in [0.4, 0.5) is 0 Å². The average Bonchev–Trinajstić information content (AvgIpc) is 2.32. The second-order valence-electron chi connectivity index (χ2n) is 4.65. The normalized spacial score (nSPS) is 13.4. The Labute approximate surface area is 131 Å². The third-order valence-corrected chi connectivity index (χ3v) is 5.83. The van der Waals surface area contributed by atoms with Crippen molar-refractivity contribution in [1.29, 1.82) is 0 Å². The standard InChI is InChI=1S/C11H10O9S3/c1-6-2-3-8-9(11(6)23(18,19)20)4-7(21(12,13)14)5-10(8)22(15,16)17/h2-5H,1H3,(H,12,13,14)(H,15,16,17)(H,18,19,20). The van der Waals surface area contributed by atoms with Crippen LogP contribution >= 0.6 is 0 Å². The summed E-state index contributed by atoms with van der Waals surface area (Å²) in [6, 6.07) is 3.48. The quantitative estimate of drug-likeness (QED) is 0.654. The van der Waals surface area contributed by atoms with Crippen molar-refractivity contribution < 1.29 is 38.9 Å². The molecule has 0 unspecified atom stereocenters. The molecular weight excluding hydrogens is 372 g/mol. The molecule has 2 aromatic carbocycles. The summed E-state index contributed by atoms with van der Waals surface area (Å²) in [6.45, 7) is 1.29. The molecular formula is C11H10O9S3. The first-order valence-electron chi connectivity index (χ1n) is 5.73. The highest BCUT2D eigenvalue weighted by Crippen LogP contribution is 2.33. The van der Waals surface area contributed by atoms with E-state index in [1.807, 2.05) is 0 Å². The molecule has 0 saturated carbocycles. The van der Waals surface area contributed by atoms with Gasteiger partial charge in [-0.25, -0.2) is 0 Å². The van der Waals surface area contributed by atoms with Crippen LogP contribution in [0.15, 0.2) is 39.0 Å². The van der Waals surface area contributed by atoms with E-state index >= 15 is 0 Å². The Morgan fingerprint density at radius 3 is 1.74 bits per heavy atom. The van der Waals surface area contributed by atoms with Crippen LogP contribution in [0.1, 0.15) is 5.56 Å². The summed E-state index contributed by atoms with van der Waals surface area (Å²) in [5.41, 5.74) is 0.00813. The molecule has 0 atom stereocenters. The molecule has 9 nitrogen and oxygen atoms in total. The SMILES string of the molecule is Cc1ccc2c(S(=O)(=O)O)cc(S(=O)(=O)O)cc2c1S(=O)(=O)O.